The number of carbonyl (C=O) groups excluding carboxylic acids is 2. The number of benzene rings is 1. The number of primary amides is 2. The number of hydrogen-bond acceptors (Lipinski definition) is 3. The van der Waals surface area contributed by atoms with E-state index < -0.39 is 0 Å². The molecule has 1 heterocycles. The second-order valence-electron chi connectivity index (χ2n) is 5.22. The number of carbonyl (C=O) groups is 2. The van der Waals surface area contributed by atoms with Crippen LogP contribution in [0.25, 0.3) is 0 Å². The van der Waals surface area contributed by atoms with E-state index in [1.54, 1.807) is 0 Å². The second kappa shape index (κ2) is 5.40. The molecule has 0 radical (unpaired) electrons. The lowest BCUT2D eigenvalue weighted by Crippen LogP contribution is -2.38. The van der Waals surface area contributed by atoms with E-state index in [-0.39, 0.29) is 23.8 Å². The van der Waals surface area contributed by atoms with Gasteiger partial charge in [0, 0.05) is 18.4 Å². The Bertz CT molecular complexity index is 475. The predicted molar refractivity (Wildman–Crippen MR) is 72.2 cm³/mol. The normalized spacial score (nSPS) is 23.4. The fraction of sp³-hybridized carbons (Fsp3) is 0.429. The van der Waals surface area contributed by atoms with Gasteiger partial charge in [0.2, 0.25) is 11.8 Å². The van der Waals surface area contributed by atoms with Gasteiger partial charge in [0.15, 0.2) is 0 Å². The molecular formula is C14H19N3O2. The maximum Gasteiger partial charge on any atom is 0.231 e. The van der Waals surface area contributed by atoms with E-state index in [1.165, 1.54) is 0 Å². The molecule has 0 spiro atoms. The monoisotopic (exact) mass is 261 g/mol. The first kappa shape index (κ1) is 13.5. The van der Waals surface area contributed by atoms with E-state index in [2.05, 4.69) is 0 Å². The summed E-state index contributed by atoms with van der Waals surface area (Å²) in [6.45, 7) is 1.63. The molecule has 1 unspecified atom stereocenters. The molecule has 1 aromatic carbocycles. The van der Waals surface area contributed by atoms with Gasteiger partial charge in [-0.05, 0) is 18.5 Å². The van der Waals surface area contributed by atoms with Crippen LogP contribution in [0.4, 0.5) is 0 Å². The number of nitrogens with two attached hydrogens (primary N) is 2. The van der Waals surface area contributed by atoms with Crippen LogP contribution in [0.2, 0.25) is 0 Å². The van der Waals surface area contributed by atoms with E-state index in [4.69, 9.17) is 11.5 Å². The standard InChI is InChI=1S/C14H19N3O2/c15-12(18)8-14(11-4-2-1-3-5-11)6-7-17(10-14)9-13(16)19/h1-5H,6-10H2,(H2,15,18)(H2,16,19). The summed E-state index contributed by atoms with van der Waals surface area (Å²) >= 11 is 0. The van der Waals surface area contributed by atoms with Crippen molar-refractivity contribution in [1.29, 1.82) is 0 Å². The van der Waals surface area contributed by atoms with E-state index >= 15 is 0 Å². The molecule has 5 nitrogen and oxygen atoms in total. The number of hydrogen-bond donors (Lipinski definition) is 2. The minimum atomic E-state index is -0.345. The average molecular weight is 261 g/mol. The summed E-state index contributed by atoms with van der Waals surface area (Å²) in [4.78, 5) is 24.4. The van der Waals surface area contributed by atoms with E-state index in [0.717, 1.165) is 18.5 Å². The summed E-state index contributed by atoms with van der Waals surface area (Å²) < 4.78 is 0. The Morgan fingerprint density at radius 1 is 1.16 bits per heavy atom. The highest BCUT2D eigenvalue weighted by atomic mass is 16.1. The van der Waals surface area contributed by atoms with Crippen LogP contribution in [0.15, 0.2) is 30.3 Å². The third kappa shape index (κ3) is 3.12. The fourth-order valence-electron chi connectivity index (χ4n) is 2.92. The lowest BCUT2D eigenvalue weighted by Gasteiger charge is -2.28. The van der Waals surface area contributed by atoms with Crippen LogP contribution in [0.1, 0.15) is 18.4 Å². The van der Waals surface area contributed by atoms with Crippen molar-refractivity contribution >= 4 is 11.8 Å². The maximum atomic E-state index is 11.4. The second-order valence-corrected chi connectivity index (χ2v) is 5.22. The summed E-state index contributed by atoms with van der Waals surface area (Å²) in [7, 11) is 0. The van der Waals surface area contributed by atoms with Gasteiger partial charge in [0.1, 0.15) is 0 Å². The van der Waals surface area contributed by atoms with Crippen molar-refractivity contribution in [2.75, 3.05) is 19.6 Å². The van der Waals surface area contributed by atoms with Gasteiger partial charge in [-0.2, -0.15) is 0 Å². The van der Waals surface area contributed by atoms with Gasteiger partial charge in [-0.3, -0.25) is 14.5 Å². The van der Waals surface area contributed by atoms with E-state index in [1.807, 2.05) is 35.2 Å². The Morgan fingerprint density at radius 3 is 2.42 bits per heavy atom. The Kier molecular flexibility index (Phi) is 3.85. The van der Waals surface area contributed by atoms with Crippen LogP contribution in [0.5, 0.6) is 0 Å². The Hall–Kier alpha value is -1.88. The van der Waals surface area contributed by atoms with Crippen LogP contribution in [0, 0.1) is 0 Å². The fourth-order valence-corrected chi connectivity index (χ4v) is 2.92. The van der Waals surface area contributed by atoms with Gasteiger partial charge < -0.3 is 11.5 Å². The zero-order chi connectivity index (χ0) is 13.9. The molecule has 4 N–H and O–H groups in total. The summed E-state index contributed by atoms with van der Waals surface area (Å²) in [5, 5.41) is 0. The molecule has 102 valence electrons. The Labute approximate surface area is 112 Å². The summed E-state index contributed by atoms with van der Waals surface area (Å²) in [5.41, 5.74) is 11.4. The molecule has 1 aliphatic rings. The van der Waals surface area contributed by atoms with Crippen molar-refractivity contribution in [2.45, 2.75) is 18.3 Å². The lowest BCUT2D eigenvalue weighted by atomic mass is 9.76. The maximum absolute atomic E-state index is 11.4. The minimum absolute atomic E-state index is 0.230. The van der Waals surface area contributed by atoms with Crippen molar-refractivity contribution in [3.63, 3.8) is 0 Å². The van der Waals surface area contributed by atoms with Crippen LogP contribution in [-0.2, 0) is 15.0 Å². The van der Waals surface area contributed by atoms with Gasteiger partial charge in [0.25, 0.3) is 0 Å². The SMILES string of the molecule is NC(=O)CN1CCC(CC(N)=O)(c2ccccc2)C1. The van der Waals surface area contributed by atoms with Crippen LogP contribution in [0.3, 0.4) is 0 Å². The van der Waals surface area contributed by atoms with Crippen molar-refractivity contribution in [3.05, 3.63) is 35.9 Å². The molecule has 19 heavy (non-hydrogen) atoms. The quantitative estimate of drug-likeness (QED) is 0.781. The molecule has 2 rings (SSSR count). The van der Waals surface area contributed by atoms with Gasteiger partial charge >= 0.3 is 0 Å². The zero-order valence-corrected chi connectivity index (χ0v) is 10.8. The molecule has 1 aromatic rings. The Morgan fingerprint density at radius 2 is 1.84 bits per heavy atom. The van der Waals surface area contributed by atoms with Gasteiger partial charge in [-0.15, -0.1) is 0 Å². The molecule has 0 saturated carbocycles. The topological polar surface area (TPSA) is 89.4 Å². The first-order valence-electron chi connectivity index (χ1n) is 6.36. The van der Waals surface area contributed by atoms with E-state index in [9.17, 15) is 9.59 Å². The van der Waals surface area contributed by atoms with Gasteiger partial charge in [-0.1, -0.05) is 30.3 Å². The number of rotatable bonds is 5. The first-order valence-corrected chi connectivity index (χ1v) is 6.36. The molecule has 1 fully saturated rings. The minimum Gasteiger partial charge on any atom is -0.370 e. The lowest BCUT2D eigenvalue weighted by molar-refractivity contribution is -0.119. The molecule has 5 heteroatoms. The highest BCUT2D eigenvalue weighted by Crippen LogP contribution is 2.37. The molecule has 0 aromatic heterocycles. The van der Waals surface area contributed by atoms with Crippen molar-refractivity contribution in [1.82, 2.24) is 4.90 Å². The summed E-state index contributed by atoms with van der Waals surface area (Å²) in [5.74, 6) is -0.660. The highest BCUT2D eigenvalue weighted by Gasteiger charge is 2.40. The largest absolute Gasteiger partial charge is 0.370 e. The third-order valence-corrected chi connectivity index (χ3v) is 3.71. The summed E-state index contributed by atoms with van der Waals surface area (Å²) in [6.07, 6.45) is 1.11. The van der Waals surface area contributed by atoms with Gasteiger partial charge in [-0.25, -0.2) is 0 Å². The zero-order valence-electron chi connectivity index (χ0n) is 10.8. The molecular weight excluding hydrogens is 242 g/mol. The van der Waals surface area contributed by atoms with Crippen LogP contribution in [-0.4, -0.2) is 36.3 Å². The molecule has 0 bridgehead atoms. The summed E-state index contributed by atoms with van der Waals surface area (Å²) in [6, 6.07) is 9.87. The number of nitrogens with zero attached hydrogens (tertiary/aromatic N) is 1. The number of likely N-dealkylation sites (tertiary alicyclic amines) is 1. The number of amides is 2. The first-order chi connectivity index (χ1) is 9.02. The molecule has 1 atom stereocenters. The molecule has 0 aliphatic carbocycles. The smallest absolute Gasteiger partial charge is 0.231 e. The average Bonchev–Trinajstić information content (AvgIpc) is 2.73. The molecule has 1 aliphatic heterocycles. The molecule has 1 saturated heterocycles. The van der Waals surface area contributed by atoms with Crippen molar-refractivity contribution < 1.29 is 9.59 Å². The Balaban J connectivity index is 2.23. The predicted octanol–water partition coefficient (Wildman–Crippen LogP) is -0.00920. The van der Waals surface area contributed by atoms with Crippen LogP contribution >= 0.6 is 0 Å². The van der Waals surface area contributed by atoms with Crippen molar-refractivity contribution in [2.24, 2.45) is 11.5 Å². The van der Waals surface area contributed by atoms with E-state index in [0.29, 0.717) is 13.0 Å². The highest BCUT2D eigenvalue weighted by molar-refractivity contribution is 5.77. The van der Waals surface area contributed by atoms with Crippen molar-refractivity contribution in [3.8, 4) is 0 Å². The third-order valence-electron chi connectivity index (χ3n) is 3.71. The van der Waals surface area contributed by atoms with Crippen LogP contribution < -0.4 is 11.5 Å². The van der Waals surface area contributed by atoms with Gasteiger partial charge in [0.05, 0.1) is 6.54 Å². The molecule has 2 amide bonds.